The molecule has 2 rings (SSSR count). The van der Waals surface area contributed by atoms with Gasteiger partial charge in [0, 0.05) is 19.1 Å². The molecular weight excluding hydrogens is 284 g/mol. The zero-order valence-corrected chi connectivity index (χ0v) is 11.4. The second kappa shape index (κ2) is 5.18. The van der Waals surface area contributed by atoms with Crippen molar-refractivity contribution >= 4 is 21.6 Å². The predicted molar refractivity (Wildman–Crippen MR) is 71.1 cm³/mol. The molecule has 6 heteroatoms. The van der Waals surface area contributed by atoms with Crippen molar-refractivity contribution in [3.05, 3.63) is 21.0 Å². The van der Waals surface area contributed by atoms with Crippen molar-refractivity contribution in [2.45, 2.75) is 32.4 Å². The van der Waals surface area contributed by atoms with E-state index in [2.05, 4.69) is 26.3 Å². The lowest BCUT2D eigenvalue weighted by Gasteiger charge is -2.18. The van der Waals surface area contributed by atoms with Crippen molar-refractivity contribution < 1.29 is 0 Å². The number of aromatic nitrogens is 2. The van der Waals surface area contributed by atoms with Gasteiger partial charge < -0.3 is 11.1 Å². The standard InChI is InChI=1S/C11H17BrN4O/c1-2-16-11(17)10(12)9(6-14-16)15-8(5-13)7-3-4-7/h6-8,15H,2-5,13H2,1H3. The van der Waals surface area contributed by atoms with Crippen LogP contribution in [0.4, 0.5) is 5.69 Å². The molecule has 0 radical (unpaired) electrons. The molecule has 0 aromatic carbocycles. The molecule has 1 unspecified atom stereocenters. The minimum atomic E-state index is -0.107. The van der Waals surface area contributed by atoms with E-state index in [-0.39, 0.29) is 11.6 Å². The van der Waals surface area contributed by atoms with Crippen LogP contribution in [0.1, 0.15) is 19.8 Å². The fourth-order valence-corrected chi connectivity index (χ4v) is 2.28. The van der Waals surface area contributed by atoms with Crippen LogP contribution in [-0.2, 0) is 6.54 Å². The Labute approximate surface area is 109 Å². The smallest absolute Gasteiger partial charge is 0.283 e. The van der Waals surface area contributed by atoms with Crippen molar-refractivity contribution in [1.82, 2.24) is 9.78 Å². The fourth-order valence-electron chi connectivity index (χ4n) is 1.86. The molecule has 0 aliphatic heterocycles. The van der Waals surface area contributed by atoms with Gasteiger partial charge in [-0.1, -0.05) is 0 Å². The first-order valence-electron chi connectivity index (χ1n) is 5.89. The maximum absolute atomic E-state index is 11.9. The van der Waals surface area contributed by atoms with Gasteiger partial charge >= 0.3 is 0 Å². The Kier molecular flexibility index (Phi) is 3.83. The van der Waals surface area contributed by atoms with Crippen LogP contribution >= 0.6 is 15.9 Å². The molecule has 0 bridgehead atoms. The van der Waals surface area contributed by atoms with Crippen LogP contribution in [0.2, 0.25) is 0 Å². The van der Waals surface area contributed by atoms with Crippen molar-refractivity contribution in [2.75, 3.05) is 11.9 Å². The maximum atomic E-state index is 11.9. The topological polar surface area (TPSA) is 72.9 Å². The molecule has 0 saturated heterocycles. The summed E-state index contributed by atoms with van der Waals surface area (Å²) >= 11 is 3.32. The molecule has 94 valence electrons. The molecule has 1 heterocycles. The third kappa shape index (κ3) is 2.69. The van der Waals surface area contributed by atoms with E-state index >= 15 is 0 Å². The first-order valence-corrected chi connectivity index (χ1v) is 6.68. The Morgan fingerprint density at radius 3 is 2.94 bits per heavy atom. The van der Waals surface area contributed by atoms with E-state index in [0.29, 0.717) is 23.5 Å². The molecule has 17 heavy (non-hydrogen) atoms. The van der Waals surface area contributed by atoms with Crippen LogP contribution in [0.15, 0.2) is 15.5 Å². The van der Waals surface area contributed by atoms with Gasteiger partial charge in [0.05, 0.1) is 11.9 Å². The van der Waals surface area contributed by atoms with Crippen LogP contribution in [0, 0.1) is 5.92 Å². The Morgan fingerprint density at radius 1 is 1.71 bits per heavy atom. The molecule has 1 aliphatic carbocycles. The zero-order valence-electron chi connectivity index (χ0n) is 9.82. The molecule has 1 aromatic rings. The quantitative estimate of drug-likeness (QED) is 0.856. The number of hydrogen-bond donors (Lipinski definition) is 2. The van der Waals surface area contributed by atoms with Crippen molar-refractivity contribution in [2.24, 2.45) is 11.7 Å². The van der Waals surface area contributed by atoms with E-state index in [1.54, 1.807) is 6.20 Å². The van der Waals surface area contributed by atoms with Crippen molar-refractivity contribution in [3.63, 3.8) is 0 Å². The van der Waals surface area contributed by atoms with Gasteiger partial charge in [0.25, 0.3) is 5.56 Å². The van der Waals surface area contributed by atoms with Gasteiger partial charge in [-0.2, -0.15) is 5.10 Å². The largest absolute Gasteiger partial charge is 0.378 e. The number of anilines is 1. The van der Waals surface area contributed by atoms with E-state index in [1.165, 1.54) is 17.5 Å². The third-order valence-electron chi connectivity index (χ3n) is 3.07. The summed E-state index contributed by atoms with van der Waals surface area (Å²) in [4.78, 5) is 11.9. The summed E-state index contributed by atoms with van der Waals surface area (Å²) in [6, 6.07) is 0.241. The Hall–Kier alpha value is -0.880. The molecule has 0 spiro atoms. The molecule has 3 N–H and O–H groups in total. The lowest BCUT2D eigenvalue weighted by molar-refractivity contribution is 0.606. The SMILES string of the molecule is CCn1ncc(NC(CN)C2CC2)c(Br)c1=O. The van der Waals surface area contributed by atoms with Gasteiger partial charge in [-0.25, -0.2) is 4.68 Å². The van der Waals surface area contributed by atoms with Gasteiger partial charge in [0.15, 0.2) is 0 Å². The highest BCUT2D eigenvalue weighted by molar-refractivity contribution is 9.10. The van der Waals surface area contributed by atoms with Crippen LogP contribution in [0.25, 0.3) is 0 Å². The van der Waals surface area contributed by atoms with Crippen molar-refractivity contribution in [3.8, 4) is 0 Å². The molecule has 0 amide bonds. The summed E-state index contributed by atoms with van der Waals surface area (Å²) < 4.78 is 1.96. The first-order chi connectivity index (χ1) is 8.17. The molecule has 5 nitrogen and oxygen atoms in total. The second-order valence-corrected chi connectivity index (χ2v) is 5.11. The second-order valence-electron chi connectivity index (χ2n) is 4.32. The summed E-state index contributed by atoms with van der Waals surface area (Å²) in [6.07, 6.45) is 4.11. The van der Waals surface area contributed by atoms with Crippen LogP contribution < -0.4 is 16.6 Å². The number of nitrogens with two attached hydrogens (primary N) is 1. The Bertz CT molecular complexity index is 455. The minimum Gasteiger partial charge on any atom is -0.378 e. The average molecular weight is 301 g/mol. The van der Waals surface area contributed by atoms with E-state index in [1.807, 2.05) is 6.92 Å². The zero-order chi connectivity index (χ0) is 12.4. The number of aryl methyl sites for hydroxylation is 1. The van der Waals surface area contributed by atoms with Crippen LogP contribution in [0.5, 0.6) is 0 Å². The van der Waals surface area contributed by atoms with E-state index in [9.17, 15) is 4.79 Å². The molecule has 1 fully saturated rings. The summed E-state index contributed by atoms with van der Waals surface area (Å²) in [5, 5.41) is 7.40. The normalized spacial score (nSPS) is 16.9. The summed E-state index contributed by atoms with van der Waals surface area (Å²) in [5.41, 5.74) is 6.35. The number of nitrogens with one attached hydrogen (secondary N) is 1. The minimum absolute atomic E-state index is 0.107. The first kappa shape index (κ1) is 12.6. The highest BCUT2D eigenvalue weighted by Gasteiger charge is 2.30. The van der Waals surface area contributed by atoms with Crippen LogP contribution in [-0.4, -0.2) is 22.4 Å². The Morgan fingerprint density at radius 2 is 2.41 bits per heavy atom. The number of hydrogen-bond acceptors (Lipinski definition) is 4. The number of nitrogens with zero attached hydrogens (tertiary/aromatic N) is 2. The van der Waals surface area contributed by atoms with Crippen LogP contribution in [0.3, 0.4) is 0 Å². The molecule has 1 aliphatic rings. The molecule has 1 aromatic heterocycles. The predicted octanol–water partition coefficient (Wildman–Crippen LogP) is 1.17. The van der Waals surface area contributed by atoms with E-state index in [4.69, 9.17) is 5.73 Å². The molecule has 1 atom stereocenters. The van der Waals surface area contributed by atoms with E-state index < -0.39 is 0 Å². The monoisotopic (exact) mass is 300 g/mol. The van der Waals surface area contributed by atoms with Gasteiger partial charge in [-0.15, -0.1) is 0 Å². The Balaban J connectivity index is 2.21. The van der Waals surface area contributed by atoms with Gasteiger partial charge in [-0.3, -0.25) is 4.79 Å². The summed E-state index contributed by atoms with van der Waals surface area (Å²) in [5.74, 6) is 0.639. The number of halogens is 1. The summed E-state index contributed by atoms with van der Waals surface area (Å²) in [6.45, 7) is 3.04. The van der Waals surface area contributed by atoms with Gasteiger partial charge in [0.2, 0.25) is 0 Å². The average Bonchev–Trinajstić information content (AvgIpc) is 3.15. The highest BCUT2D eigenvalue weighted by Crippen LogP contribution is 2.34. The maximum Gasteiger partial charge on any atom is 0.283 e. The third-order valence-corrected chi connectivity index (χ3v) is 3.84. The molecular formula is C11H17BrN4O. The van der Waals surface area contributed by atoms with Gasteiger partial charge in [0.1, 0.15) is 4.47 Å². The lowest BCUT2D eigenvalue weighted by Crippen LogP contribution is -2.32. The lowest BCUT2D eigenvalue weighted by atomic mass is 10.2. The molecule has 1 saturated carbocycles. The fraction of sp³-hybridized carbons (Fsp3) is 0.636. The highest BCUT2D eigenvalue weighted by atomic mass is 79.9. The van der Waals surface area contributed by atoms with E-state index in [0.717, 1.165) is 5.69 Å². The van der Waals surface area contributed by atoms with Crippen molar-refractivity contribution in [1.29, 1.82) is 0 Å². The summed E-state index contributed by atoms with van der Waals surface area (Å²) in [7, 11) is 0. The number of rotatable bonds is 5. The van der Waals surface area contributed by atoms with Gasteiger partial charge in [-0.05, 0) is 41.6 Å².